The number of carbonyl (C=O) groups excluding carboxylic acids is 2. The molecular formula is C19H22N4O3S. The number of aromatic nitrogens is 3. The van der Waals surface area contributed by atoms with E-state index in [1.807, 2.05) is 45.2 Å². The Balaban J connectivity index is 1.52. The lowest BCUT2D eigenvalue weighted by Crippen LogP contribution is -2.30. The second kappa shape index (κ2) is 7.87. The number of hydrogen-bond acceptors (Lipinski definition) is 6. The van der Waals surface area contributed by atoms with Crippen molar-refractivity contribution in [2.24, 2.45) is 7.05 Å². The van der Waals surface area contributed by atoms with Gasteiger partial charge < -0.3 is 10.1 Å². The predicted octanol–water partition coefficient (Wildman–Crippen LogP) is 3.15. The summed E-state index contributed by atoms with van der Waals surface area (Å²) >= 11 is 1.56. The molecular weight excluding hydrogens is 364 g/mol. The average molecular weight is 386 g/mol. The fourth-order valence-corrected chi connectivity index (χ4v) is 3.69. The third-order valence-electron chi connectivity index (χ3n) is 4.32. The molecule has 2 aromatic heterocycles. The second-order valence-electron chi connectivity index (χ2n) is 6.37. The minimum atomic E-state index is -0.883. The Labute approximate surface area is 161 Å². The lowest BCUT2D eigenvalue weighted by molar-refractivity contribution is -0.153. The zero-order chi connectivity index (χ0) is 19.6. The maximum Gasteiger partial charge on any atom is 0.306 e. The number of rotatable bonds is 6. The number of fused-ring (bicyclic) bond motifs is 1. The SMILES string of the molecule is Cc1nn(C)c(C)c1NC(=O)[C@@H](C)OC(=O)CCc1nc2ccccc2s1. The Hall–Kier alpha value is -2.74. The zero-order valence-corrected chi connectivity index (χ0v) is 16.6. The molecule has 142 valence electrons. The van der Waals surface area contributed by atoms with E-state index in [-0.39, 0.29) is 12.3 Å². The number of benzene rings is 1. The van der Waals surface area contributed by atoms with E-state index in [4.69, 9.17) is 4.74 Å². The fraction of sp³-hybridized carbons (Fsp3) is 0.368. The minimum absolute atomic E-state index is 0.183. The van der Waals surface area contributed by atoms with Crippen LogP contribution in [0.15, 0.2) is 24.3 Å². The Kier molecular flexibility index (Phi) is 5.55. The molecule has 27 heavy (non-hydrogen) atoms. The normalized spacial score (nSPS) is 12.1. The molecule has 0 aliphatic heterocycles. The first-order valence-corrected chi connectivity index (χ1v) is 9.51. The number of anilines is 1. The van der Waals surface area contributed by atoms with Crippen molar-refractivity contribution >= 4 is 39.1 Å². The summed E-state index contributed by atoms with van der Waals surface area (Å²) in [6, 6.07) is 7.85. The summed E-state index contributed by atoms with van der Waals surface area (Å²) in [5.41, 5.74) is 3.15. The van der Waals surface area contributed by atoms with Gasteiger partial charge in [0.05, 0.1) is 38.7 Å². The van der Waals surface area contributed by atoms with Crippen LogP contribution in [-0.4, -0.2) is 32.7 Å². The number of para-hydroxylation sites is 1. The average Bonchev–Trinajstić information content (AvgIpc) is 3.15. The molecule has 0 fully saturated rings. The van der Waals surface area contributed by atoms with Crippen LogP contribution in [0, 0.1) is 13.8 Å². The smallest absolute Gasteiger partial charge is 0.306 e. The van der Waals surface area contributed by atoms with Crippen LogP contribution in [-0.2, 0) is 27.8 Å². The van der Waals surface area contributed by atoms with Gasteiger partial charge in [-0.1, -0.05) is 12.1 Å². The number of ether oxygens (including phenoxy) is 1. The van der Waals surface area contributed by atoms with Crippen LogP contribution < -0.4 is 5.32 Å². The molecule has 1 aromatic carbocycles. The highest BCUT2D eigenvalue weighted by Crippen LogP contribution is 2.23. The molecule has 0 saturated carbocycles. The van der Waals surface area contributed by atoms with Gasteiger partial charge in [0.15, 0.2) is 6.10 Å². The summed E-state index contributed by atoms with van der Waals surface area (Å²) in [6.07, 6.45) is -0.206. The van der Waals surface area contributed by atoms with E-state index in [2.05, 4.69) is 15.4 Å². The molecule has 0 radical (unpaired) electrons. The summed E-state index contributed by atoms with van der Waals surface area (Å²) in [5, 5.41) is 7.92. The minimum Gasteiger partial charge on any atom is -0.453 e. The molecule has 0 aliphatic carbocycles. The largest absolute Gasteiger partial charge is 0.453 e. The molecule has 0 bridgehead atoms. The molecule has 0 saturated heterocycles. The van der Waals surface area contributed by atoms with Gasteiger partial charge >= 0.3 is 5.97 Å². The van der Waals surface area contributed by atoms with Gasteiger partial charge in [0.2, 0.25) is 0 Å². The van der Waals surface area contributed by atoms with E-state index in [1.165, 1.54) is 0 Å². The van der Waals surface area contributed by atoms with E-state index in [1.54, 1.807) is 22.9 Å². The Morgan fingerprint density at radius 2 is 2.04 bits per heavy atom. The van der Waals surface area contributed by atoms with Gasteiger partial charge in [-0.15, -0.1) is 11.3 Å². The van der Waals surface area contributed by atoms with E-state index in [9.17, 15) is 9.59 Å². The number of amides is 1. The van der Waals surface area contributed by atoms with Gasteiger partial charge in [-0.25, -0.2) is 4.98 Å². The molecule has 0 aliphatic rings. The van der Waals surface area contributed by atoms with Crippen molar-refractivity contribution in [2.45, 2.75) is 39.7 Å². The maximum atomic E-state index is 12.3. The van der Waals surface area contributed by atoms with E-state index < -0.39 is 12.1 Å². The van der Waals surface area contributed by atoms with Crippen LogP contribution in [0.1, 0.15) is 29.7 Å². The third kappa shape index (κ3) is 4.33. The number of hydrogen-bond donors (Lipinski definition) is 1. The number of nitrogens with zero attached hydrogens (tertiary/aromatic N) is 3. The first-order chi connectivity index (χ1) is 12.8. The molecule has 1 N–H and O–H groups in total. The van der Waals surface area contributed by atoms with Crippen molar-refractivity contribution in [3.63, 3.8) is 0 Å². The van der Waals surface area contributed by atoms with Crippen LogP contribution in [0.3, 0.4) is 0 Å². The first kappa shape index (κ1) is 19.0. The first-order valence-electron chi connectivity index (χ1n) is 8.70. The summed E-state index contributed by atoms with van der Waals surface area (Å²) in [5.74, 6) is -0.793. The van der Waals surface area contributed by atoms with Crippen LogP contribution in [0.5, 0.6) is 0 Å². The third-order valence-corrected chi connectivity index (χ3v) is 5.41. The van der Waals surface area contributed by atoms with Gasteiger partial charge in [-0.2, -0.15) is 5.10 Å². The molecule has 1 atom stereocenters. The molecule has 3 rings (SSSR count). The number of aryl methyl sites for hydroxylation is 3. The number of nitrogens with one attached hydrogen (secondary N) is 1. The lowest BCUT2D eigenvalue weighted by Gasteiger charge is -2.13. The van der Waals surface area contributed by atoms with Crippen LogP contribution in [0.4, 0.5) is 5.69 Å². The lowest BCUT2D eigenvalue weighted by atomic mass is 10.2. The van der Waals surface area contributed by atoms with Crippen LogP contribution in [0.2, 0.25) is 0 Å². The van der Waals surface area contributed by atoms with Gasteiger partial charge in [0, 0.05) is 13.5 Å². The fourth-order valence-electron chi connectivity index (χ4n) is 2.72. The molecule has 8 heteroatoms. The van der Waals surface area contributed by atoms with Crippen molar-refractivity contribution in [1.29, 1.82) is 0 Å². The summed E-state index contributed by atoms with van der Waals surface area (Å²) in [7, 11) is 1.81. The van der Waals surface area contributed by atoms with Gasteiger partial charge in [0.1, 0.15) is 0 Å². The molecule has 3 aromatic rings. The van der Waals surface area contributed by atoms with E-state index >= 15 is 0 Å². The van der Waals surface area contributed by atoms with E-state index in [0.29, 0.717) is 12.1 Å². The number of thiazole rings is 1. The van der Waals surface area contributed by atoms with Gasteiger partial charge in [-0.3, -0.25) is 14.3 Å². The molecule has 7 nitrogen and oxygen atoms in total. The predicted molar refractivity (Wildman–Crippen MR) is 105 cm³/mol. The van der Waals surface area contributed by atoms with Crippen molar-refractivity contribution in [2.75, 3.05) is 5.32 Å². The summed E-state index contributed by atoms with van der Waals surface area (Å²) in [6.45, 7) is 5.24. The number of esters is 1. The molecule has 0 unspecified atom stereocenters. The Morgan fingerprint density at radius 1 is 1.30 bits per heavy atom. The Morgan fingerprint density at radius 3 is 2.70 bits per heavy atom. The summed E-state index contributed by atoms with van der Waals surface area (Å²) in [4.78, 5) is 28.9. The monoisotopic (exact) mass is 386 g/mol. The highest BCUT2D eigenvalue weighted by atomic mass is 32.1. The molecule has 0 spiro atoms. The maximum absolute atomic E-state index is 12.3. The van der Waals surface area contributed by atoms with Crippen molar-refractivity contribution in [1.82, 2.24) is 14.8 Å². The van der Waals surface area contributed by atoms with Gasteiger partial charge in [-0.05, 0) is 32.9 Å². The van der Waals surface area contributed by atoms with Gasteiger partial charge in [0.25, 0.3) is 5.91 Å². The summed E-state index contributed by atoms with van der Waals surface area (Å²) < 4.78 is 8.05. The zero-order valence-electron chi connectivity index (χ0n) is 15.8. The number of carbonyl (C=O) groups is 2. The topological polar surface area (TPSA) is 86.1 Å². The second-order valence-corrected chi connectivity index (χ2v) is 7.48. The highest BCUT2D eigenvalue weighted by Gasteiger charge is 2.21. The quantitative estimate of drug-likeness (QED) is 0.658. The van der Waals surface area contributed by atoms with Crippen molar-refractivity contribution in [3.05, 3.63) is 40.7 Å². The molecule has 2 heterocycles. The molecule has 1 amide bonds. The van der Waals surface area contributed by atoms with Crippen molar-refractivity contribution < 1.29 is 14.3 Å². The Bertz CT molecular complexity index is 959. The van der Waals surface area contributed by atoms with Crippen molar-refractivity contribution in [3.8, 4) is 0 Å². The standard InChI is InChI=1S/C19H22N4O3S/c1-11-18(12(2)23(4)22-11)21-19(25)13(3)26-17(24)10-9-16-20-14-7-5-6-8-15(14)27-16/h5-8,13H,9-10H2,1-4H3,(H,21,25)/t13-/m1/s1. The van der Waals surface area contributed by atoms with E-state index in [0.717, 1.165) is 26.6 Å². The highest BCUT2D eigenvalue weighted by molar-refractivity contribution is 7.18. The van der Waals surface area contributed by atoms with Crippen LogP contribution in [0.25, 0.3) is 10.2 Å². The van der Waals surface area contributed by atoms with Crippen LogP contribution >= 0.6 is 11.3 Å².